The highest BCUT2D eigenvalue weighted by atomic mass is 16.6. The fourth-order valence-electron chi connectivity index (χ4n) is 1.46. The number of carbonyl (C=O) groups excluding carboxylic acids is 1. The third kappa shape index (κ3) is 2.59. The van der Waals surface area contributed by atoms with Crippen molar-refractivity contribution in [1.29, 1.82) is 0 Å². The lowest BCUT2D eigenvalue weighted by molar-refractivity contribution is -0.0376. The molecule has 0 aliphatic carbocycles. The molecule has 0 radical (unpaired) electrons. The summed E-state index contributed by atoms with van der Waals surface area (Å²) in [5.74, 6) is 0.634. The van der Waals surface area contributed by atoms with Crippen LogP contribution < -0.4 is 5.73 Å². The van der Waals surface area contributed by atoms with Crippen molar-refractivity contribution in [1.82, 2.24) is 4.90 Å². The number of primary amides is 1. The lowest BCUT2D eigenvalue weighted by atomic mass is 10.00. The molecule has 0 aromatic rings. The van der Waals surface area contributed by atoms with E-state index in [4.69, 9.17) is 10.5 Å². The molecule has 1 aliphatic rings. The molecule has 1 fully saturated rings. The Bertz CT molecular complexity index is 188. The van der Waals surface area contributed by atoms with E-state index in [9.17, 15) is 4.79 Å². The van der Waals surface area contributed by atoms with Crippen LogP contribution in [0.25, 0.3) is 0 Å². The molecule has 2 N–H and O–H groups in total. The van der Waals surface area contributed by atoms with Gasteiger partial charge in [0.2, 0.25) is 0 Å². The second-order valence-corrected chi connectivity index (χ2v) is 4.00. The van der Waals surface area contributed by atoms with Gasteiger partial charge in [0.05, 0.1) is 0 Å². The fourth-order valence-corrected chi connectivity index (χ4v) is 1.46. The average Bonchev–Trinajstić information content (AvgIpc) is 1.94. The third-order valence-electron chi connectivity index (χ3n) is 2.70. The van der Waals surface area contributed by atoms with Gasteiger partial charge in [0.15, 0.2) is 0 Å². The van der Waals surface area contributed by atoms with E-state index in [1.165, 1.54) is 0 Å². The molecule has 1 saturated heterocycles. The Balaban J connectivity index is 2.21. The Labute approximate surface area is 79.0 Å². The number of ether oxygens (including phenoxy) is 1. The van der Waals surface area contributed by atoms with Crippen LogP contribution in [0.15, 0.2) is 0 Å². The Hall–Kier alpha value is -0.770. The van der Waals surface area contributed by atoms with Gasteiger partial charge in [0.25, 0.3) is 0 Å². The van der Waals surface area contributed by atoms with Gasteiger partial charge in [-0.15, -0.1) is 0 Å². The average molecular weight is 186 g/mol. The second-order valence-electron chi connectivity index (χ2n) is 4.00. The summed E-state index contributed by atoms with van der Waals surface area (Å²) < 4.78 is 4.84. The number of rotatable bonds is 3. The number of carbonyl (C=O) groups is 1. The summed E-state index contributed by atoms with van der Waals surface area (Å²) in [5, 5.41) is 0. The number of hydrogen-bond donors (Lipinski definition) is 1. The quantitative estimate of drug-likeness (QED) is 0.709. The summed E-state index contributed by atoms with van der Waals surface area (Å²) in [4.78, 5) is 12.7. The molecular weight excluding hydrogens is 168 g/mol. The first-order chi connectivity index (χ1) is 6.00. The first-order valence-electron chi connectivity index (χ1n) is 4.71. The first-order valence-corrected chi connectivity index (χ1v) is 4.71. The van der Waals surface area contributed by atoms with Crippen molar-refractivity contribution in [3.63, 3.8) is 0 Å². The van der Waals surface area contributed by atoms with Crippen molar-refractivity contribution in [2.24, 2.45) is 11.7 Å². The van der Waals surface area contributed by atoms with Crippen molar-refractivity contribution in [3.8, 4) is 0 Å². The van der Waals surface area contributed by atoms with Crippen LogP contribution in [-0.4, -0.2) is 36.2 Å². The van der Waals surface area contributed by atoms with E-state index >= 15 is 0 Å². The highest BCUT2D eigenvalue weighted by Gasteiger charge is 2.33. The van der Waals surface area contributed by atoms with Crippen LogP contribution >= 0.6 is 0 Å². The van der Waals surface area contributed by atoms with Crippen LogP contribution in [-0.2, 0) is 4.74 Å². The summed E-state index contributed by atoms with van der Waals surface area (Å²) >= 11 is 0. The Morgan fingerprint density at radius 1 is 1.46 bits per heavy atom. The maximum Gasteiger partial charge on any atom is 0.404 e. The maximum atomic E-state index is 10.4. The molecule has 76 valence electrons. The van der Waals surface area contributed by atoms with Crippen molar-refractivity contribution < 1.29 is 9.53 Å². The van der Waals surface area contributed by atoms with E-state index in [1.54, 1.807) is 0 Å². The van der Waals surface area contributed by atoms with Gasteiger partial charge in [-0.2, -0.15) is 0 Å². The van der Waals surface area contributed by atoms with Crippen LogP contribution in [0.2, 0.25) is 0 Å². The number of hydrogen-bond acceptors (Lipinski definition) is 3. The zero-order valence-electron chi connectivity index (χ0n) is 8.49. The zero-order valence-corrected chi connectivity index (χ0v) is 8.49. The lowest BCUT2D eigenvalue weighted by Gasteiger charge is -2.43. The summed E-state index contributed by atoms with van der Waals surface area (Å²) in [6.07, 6.45) is -0.652. The van der Waals surface area contributed by atoms with E-state index in [0.29, 0.717) is 12.0 Å². The van der Waals surface area contributed by atoms with Crippen LogP contribution in [0.4, 0.5) is 4.79 Å². The first kappa shape index (κ1) is 10.3. The molecule has 4 heteroatoms. The number of nitrogens with zero attached hydrogens (tertiary/aromatic N) is 1. The topological polar surface area (TPSA) is 55.6 Å². The molecule has 0 spiro atoms. The molecule has 0 bridgehead atoms. The van der Waals surface area contributed by atoms with E-state index in [-0.39, 0.29) is 6.10 Å². The minimum atomic E-state index is -0.665. The molecule has 1 aliphatic heterocycles. The van der Waals surface area contributed by atoms with Gasteiger partial charge in [-0.05, 0) is 12.8 Å². The van der Waals surface area contributed by atoms with Crippen molar-refractivity contribution >= 4 is 6.09 Å². The molecule has 13 heavy (non-hydrogen) atoms. The Morgan fingerprint density at radius 3 is 2.38 bits per heavy atom. The van der Waals surface area contributed by atoms with Crippen LogP contribution in [0, 0.1) is 5.92 Å². The molecule has 1 unspecified atom stereocenters. The van der Waals surface area contributed by atoms with Gasteiger partial charge in [0, 0.05) is 19.1 Å². The minimum Gasteiger partial charge on any atom is -0.444 e. The summed E-state index contributed by atoms with van der Waals surface area (Å²) in [6.45, 7) is 8.20. The van der Waals surface area contributed by atoms with Crippen LogP contribution in [0.3, 0.4) is 0 Å². The SMILES string of the molecule is CC(C)C(C)N1CC(OC(N)=O)C1. The lowest BCUT2D eigenvalue weighted by Crippen LogP contribution is -2.57. The monoisotopic (exact) mass is 186 g/mol. The van der Waals surface area contributed by atoms with Gasteiger partial charge in [-0.3, -0.25) is 4.90 Å². The van der Waals surface area contributed by atoms with E-state index < -0.39 is 6.09 Å². The summed E-state index contributed by atoms with van der Waals surface area (Å²) in [6, 6.07) is 0.549. The van der Waals surface area contributed by atoms with Gasteiger partial charge < -0.3 is 10.5 Å². The van der Waals surface area contributed by atoms with Crippen molar-refractivity contribution in [3.05, 3.63) is 0 Å². The molecule has 0 aromatic heterocycles. The molecule has 0 aromatic carbocycles. The Kier molecular flexibility index (Phi) is 3.14. The van der Waals surface area contributed by atoms with Crippen LogP contribution in [0.5, 0.6) is 0 Å². The molecule has 1 amide bonds. The predicted molar refractivity (Wildman–Crippen MR) is 50.3 cm³/mol. The van der Waals surface area contributed by atoms with Gasteiger partial charge >= 0.3 is 6.09 Å². The van der Waals surface area contributed by atoms with Gasteiger partial charge in [-0.25, -0.2) is 4.79 Å². The number of likely N-dealkylation sites (tertiary alicyclic amines) is 1. The standard InChI is InChI=1S/C9H18N2O2/c1-6(2)7(3)11-4-8(5-11)13-9(10)12/h6-8H,4-5H2,1-3H3,(H2,10,12). The number of nitrogens with two attached hydrogens (primary N) is 1. The van der Waals surface area contributed by atoms with E-state index in [1.807, 2.05) is 0 Å². The molecule has 1 heterocycles. The highest BCUT2D eigenvalue weighted by molar-refractivity contribution is 5.64. The van der Waals surface area contributed by atoms with Gasteiger partial charge in [0.1, 0.15) is 6.10 Å². The minimum absolute atomic E-state index is 0.0127. The Morgan fingerprint density at radius 2 is 2.00 bits per heavy atom. The normalized spacial score (nSPS) is 21.2. The molecule has 4 nitrogen and oxygen atoms in total. The van der Waals surface area contributed by atoms with Gasteiger partial charge in [-0.1, -0.05) is 13.8 Å². The third-order valence-corrected chi connectivity index (χ3v) is 2.70. The molecule has 1 atom stereocenters. The molecule has 1 rings (SSSR count). The fraction of sp³-hybridized carbons (Fsp3) is 0.889. The molecular formula is C9H18N2O2. The second kappa shape index (κ2) is 3.96. The van der Waals surface area contributed by atoms with Crippen molar-refractivity contribution in [2.45, 2.75) is 32.9 Å². The largest absolute Gasteiger partial charge is 0.444 e. The molecule has 0 saturated carbocycles. The van der Waals surface area contributed by atoms with E-state index in [2.05, 4.69) is 25.7 Å². The van der Waals surface area contributed by atoms with Crippen LogP contribution in [0.1, 0.15) is 20.8 Å². The highest BCUT2D eigenvalue weighted by Crippen LogP contribution is 2.19. The number of amides is 1. The predicted octanol–water partition coefficient (Wildman–Crippen LogP) is 0.810. The zero-order chi connectivity index (χ0) is 10.0. The van der Waals surface area contributed by atoms with E-state index in [0.717, 1.165) is 13.1 Å². The summed E-state index contributed by atoms with van der Waals surface area (Å²) in [5.41, 5.74) is 4.90. The smallest absolute Gasteiger partial charge is 0.404 e. The maximum absolute atomic E-state index is 10.4. The summed E-state index contributed by atoms with van der Waals surface area (Å²) in [7, 11) is 0. The van der Waals surface area contributed by atoms with Crippen molar-refractivity contribution in [2.75, 3.05) is 13.1 Å².